The Kier molecular flexibility index (Phi) is 6.28. The maximum atomic E-state index is 5.06. The van der Waals surface area contributed by atoms with Crippen LogP contribution in [-0.4, -0.2) is 14.5 Å². The van der Waals surface area contributed by atoms with Crippen molar-refractivity contribution in [2.24, 2.45) is 0 Å². The van der Waals surface area contributed by atoms with Gasteiger partial charge in [-0.1, -0.05) is 116 Å². The summed E-state index contributed by atoms with van der Waals surface area (Å²) in [5.41, 5.74) is 7.96. The van der Waals surface area contributed by atoms with E-state index in [4.69, 9.17) is 9.97 Å². The lowest BCUT2D eigenvalue weighted by molar-refractivity contribution is 1.14. The van der Waals surface area contributed by atoms with Gasteiger partial charge in [-0.3, -0.25) is 0 Å². The fraction of sp³-hybridized carbons (Fsp3) is 0. The van der Waals surface area contributed by atoms with E-state index in [0.29, 0.717) is 5.82 Å². The number of benzene rings is 5. The van der Waals surface area contributed by atoms with Gasteiger partial charge in [0.15, 0.2) is 5.82 Å². The van der Waals surface area contributed by atoms with Gasteiger partial charge in [0.1, 0.15) is 0 Å². The van der Waals surface area contributed by atoms with Gasteiger partial charge in [0.05, 0.1) is 22.4 Å². The molecule has 0 radical (unpaired) electrons. The minimum absolute atomic E-state index is 0.660. The van der Waals surface area contributed by atoms with Crippen molar-refractivity contribution in [3.05, 3.63) is 158 Å². The van der Waals surface area contributed by atoms with Crippen LogP contribution < -0.4 is 0 Å². The number of thiophene rings is 1. The van der Waals surface area contributed by atoms with E-state index in [-0.39, 0.29) is 0 Å². The number of allylic oxidation sites excluding steroid dienone is 4. The van der Waals surface area contributed by atoms with Gasteiger partial charge in [-0.15, -0.1) is 11.3 Å². The third-order valence-electron chi connectivity index (χ3n) is 8.15. The van der Waals surface area contributed by atoms with Crippen LogP contribution in [0.5, 0.6) is 0 Å². The predicted molar refractivity (Wildman–Crippen MR) is 189 cm³/mol. The molecule has 0 spiro atoms. The molecule has 0 fully saturated rings. The summed E-state index contributed by atoms with van der Waals surface area (Å²) in [6.45, 7) is 7.91. The molecule has 3 nitrogen and oxygen atoms in total. The lowest BCUT2D eigenvalue weighted by atomic mass is 10.1. The summed E-state index contributed by atoms with van der Waals surface area (Å²) in [5.74, 6) is 0.660. The first-order chi connectivity index (χ1) is 21.7. The van der Waals surface area contributed by atoms with Crippen LogP contribution in [0.3, 0.4) is 0 Å². The molecule has 8 aromatic rings. The molecule has 44 heavy (non-hydrogen) atoms. The Hall–Kier alpha value is -5.58. The second-order valence-corrected chi connectivity index (χ2v) is 11.8. The Morgan fingerprint density at radius 2 is 1.43 bits per heavy atom. The molecule has 0 aliphatic rings. The zero-order chi connectivity index (χ0) is 29.6. The Morgan fingerprint density at radius 3 is 2.27 bits per heavy atom. The first-order valence-electron chi connectivity index (χ1n) is 14.6. The fourth-order valence-electron chi connectivity index (χ4n) is 6.16. The van der Waals surface area contributed by atoms with Gasteiger partial charge in [-0.05, 0) is 42.0 Å². The molecule has 0 aliphatic carbocycles. The van der Waals surface area contributed by atoms with E-state index in [1.807, 2.05) is 47.8 Å². The number of rotatable bonds is 6. The van der Waals surface area contributed by atoms with Gasteiger partial charge in [0, 0.05) is 47.8 Å². The lowest BCUT2D eigenvalue weighted by Crippen LogP contribution is -1.99. The van der Waals surface area contributed by atoms with Gasteiger partial charge in [-0.2, -0.15) is 0 Å². The zero-order valence-electron chi connectivity index (χ0n) is 23.9. The zero-order valence-corrected chi connectivity index (χ0v) is 24.8. The quantitative estimate of drug-likeness (QED) is 0.183. The molecule has 5 aromatic carbocycles. The summed E-state index contributed by atoms with van der Waals surface area (Å²) in [5, 5.41) is 5.15. The largest absolute Gasteiger partial charge is 0.309 e. The van der Waals surface area contributed by atoms with E-state index in [9.17, 15) is 0 Å². The molecule has 0 bridgehead atoms. The predicted octanol–water partition coefficient (Wildman–Crippen LogP) is 11.0. The van der Waals surface area contributed by atoms with Crippen LogP contribution in [0, 0.1) is 0 Å². The molecule has 0 aliphatic heterocycles. The van der Waals surface area contributed by atoms with Crippen LogP contribution in [0.25, 0.3) is 75.9 Å². The highest BCUT2D eigenvalue weighted by molar-refractivity contribution is 7.26. The SMILES string of the molecule is C=C/C=C(\C=C)c1cc(-c2ccccc2)nc(-c2cccc(-n3c4ccccc4c4c5sc6ccccc6c5ccc43)c2)n1. The molecule has 0 amide bonds. The highest BCUT2D eigenvalue weighted by Gasteiger charge is 2.18. The number of hydrogen-bond acceptors (Lipinski definition) is 3. The Labute approximate surface area is 259 Å². The minimum Gasteiger partial charge on any atom is -0.309 e. The first-order valence-corrected chi connectivity index (χ1v) is 15.4. The third kappa shape index (κ3) is 4.19. The summed E-state index contributed by atoms with van der Waals surface area (Å²) in [6, 6.07) is 42.7. The third-order valence-corrected chi connectivity index (χ3v) is 9.36. The monoisotopic (exact) mass is 581 g/mol. The Bertz CT molecular complexity index is 2430. The summed E-state index contributed by atoms with van der Waals surface area (Å²) >= 11 is 1.87. The van der Waals surface area contributed by atoms with Crippen molar-refractivity contribution in [2.45, 2.75) is 0 Å². The lowest BCUT2D eigenvalue weighted by Gasteiger charge is -2.12. The topological polar surface area (TPSA) is 30.7 Å². The number of hydrogen-bond donors (Lipinski definition) is 0. The molecule has 0 unspecified atom stereocenters. The fourth-order valence-corrected chi connectivity index (χ4v) is 7.42. The van der Waals surface area contributed by atoms with Crippen molar-refractivity contribution < 1.29 is 0 Å². The molecule has 3 heterocycles. The average molecular weight is 582 g/mol. The highest BCUT2D eigenvalue weighted by Crippen LogP contribution is 2.43. The molecule has 4 heteroatoms. The van der Waals surface area contributed by atoms with Crippen LogP contribution in [0.2, 0.25) is 0 Å². The Morgan fingerprint density at radius 1 is 0.659 bits per heavy atom. The second-order valence-electron chi connectivity index (χ2n) is 10.7. The standard InChI is InChI=1S/C40H27N3S/c1-3-13-26(4-2)33-25-34(27-14-6-5-7-15-27)42-40(41-33)28-16-12-17-29(24-28)43-35-20-10-8-19-32(35)38-36(43)23-22-31-30-18-9-11-21-37(30)44-39(31)38/h3-25H,1-2H2/b26-13+. The van der Waals surface area contributed by atoms with E-state index in [0.717, 1.165) is 33.8 Å². The molecule has 208 valence electrons. The van der Waals surface area contributed by atoms with Crippen LogP contribution in [0.1, 0.15) is 5.69 Å². The van der Waals surface area contributed by atoms with Crippen molar-refractivity contribution in [2.75, 3.05) is 0 Å². The van der Waals surface area contributed by atoms with Crippen molar-refractivity contribution in [1.29, 1.82) is 0 Å². The van der Waals surface area contributed by atoms with E-state index in [1.165, 1.54) is 42.0 Å². The van der Waals surface area contributed by atoms with Crippen molar-refractivity contribution in [1.82, 2.24) is 14.5 Å². The molecule has 3 aromatic heterocycles. The van der Waals surface area contributed by atoms with Crippen LogP contribution in [0.15, 0.2) is 153 Å². The highest BCUT2D eigenvalue weighted by atomic mass is 32.1. The molecular formula is C40H27N3S. The van der Waals surface area contributed by atoms with Crippen molar-refractivity contribution in [3.63, 3.8) is 0 Å². The minimum atomic E-state index is 0.660. The van der Waals surface area contributed by atoms with Gasteiger partial charge in [0.25, 0.3) is 0 Å². The van der Waals surface area contributed by atoms with E-state index in [2.05, 4.69) is 115 Å². The van der Waals surface area contributed by atoms with Gasteiger partial charge < -0.3 is 4.57 Å². The van der Waals surface area contributed by atoms with Gasteiger partial charge in [0.2, 0.25) is 0 Å². The van der Waals surface area contributed by atoms with E-state index >= 15 is 0 Å². The van der Waals surface area contributed by atoms with Gasteiger partial charge >= 0.3 is 0 Å². The van der Waals surface area contributed by atoms with Crippen molar-refractivity contribution in [3.8, 4) is 28.3 Å². The van der Waals surface area contributed by atoms with Crippen LogP contribution in [-0.2, 0) is 0 Å². The summed E-state index contributed by atoms with van der Waals surface area (Å²) in [7, 11) is 0. The maximum absolute atomic E-state index is 5.06. The number of aromatic nitrogens is 3. The summed E-state index contributed by atoms with van der Waals surface area (Å²) < 4.78 is 5.00. The average Bonchev–Trinajstić information content (AvgIpc) is 3.63. The van der Waals surface area contributed by atoms with E-state index in [1.54, 1.807) is 6.08 Å². The number of fused-ring (bicyclic) bond motifs is 7. The molecule has 0 atom stereocenters. The normalized spacial score (nSPS) is 12.0. The smallest absolute Gasteiger partial charge is 0.160 e. The molecule has 0 saturated carbocycles. The second kappa shape index (κ2) is 10.6. The number of nitrogens with zero attached hydrogens (tertiary/aromatic N) is 3. The summed E-state index contributed by atoms with van der Waals surface area (Å²) in [4.78, 5) is 10.1. The molecule has 0 saturated heterocycles. The Balaban J connectivity index is 1.36. The van der Waals surface area contributed by atoms with Gasteiger partial charge in [-0.25, -0.2) is 9.97 Å². The van der Waals surface area contributed by atoms with Crippen LogP contribution in [0.4, 0.5) is 0 Å². The molecular weight excluding hydrogens is 555 g/mol. The van der Waals surface area contributed by atoms with E-state index < -0.39 is 0 Å². The van der Waals surface area contributed by atoms with Crippen molar-refractivity contribution >= 4 is 58.9 Å². The summed E-state index contributed by atoms with van der Waals surface area (Å²) in [6.07, 6.45) is 5.50. The van der Waals surface area contributed by atoms with Crippen LogP contribution >= 0.6 is 11.3 Å². The maximum Gasteiger partial charge on any atom is 0.160 e. The molecule has 8 rings (SSSR count). The number of para-hydroxylation sites is 1. The molecule has 0 N–H and O–H groups in total. The first kappa shape index (κ1) is 26.1.